The summed E-state index contributed by atoms with van der Waals surface area (Å²) in [6.07, 6.45) is -3.50. The van der Waals surface area contributed by atoms with E-state index in [2.05, 4.69) is 14.5 Å². The van der Waals surface area contributed by atoms with Gasteiger partial charge in [0.25, 0.3) is 0 Å². The van der Waals surface area contributed by atoms with E-state index in [4.69, 9.17) is 0 Å². The lowest BCUT2D eigenvalue weighted by atomic mass is 11.3. The molecule has 0 aliphatic heterocycles. The Morgan fingerprint density at radius 3 is 2.22 bits per heavy atom. The van der Waals surface area contributed by atoms with Crippen molar-refractivity contribution in [3.05, 3.63) is 0 Å². The van der Waals surface area contributed by atoms with Gasteiger partial charge in [0.2, 0.25) is 0 Å². The lowest BCUT2D eigenvalue weighted by molar-refractivity contribution is -0.204. The van der Waals surface area contributed by atoms with Gasteiger partial charge >= 0.3 is 12.4 Å². The van der Waals surface area contributed by atoms with E-state index in [1.807, 2.05) is 0 Å². The average Bonchev–Trinajstić information content (AvgIpc) is 1.83. The highest BCUT2D eigenvalue weighted by molar-refractivity contribution is 5.62. The normalized spacial score (nSPS) is 7.78. The molecule has 0 bridgehead atoms. The Bertz CT molecular complexity index is 121. The fraction of sp³-hybridized carbons (Fsp3) is 0.333. The Kier molecular flexibility index (Phi) is 3.11. The predicted molar refractivity (Wildman–Crippen MR) is 21.1 cm³/mol. The largest absolute Gasteiger partial charge is 0.549 e. The minimum absolute atomic E-state index is 0.981. The molecular weight excluding hydrogens is 135 g/mol. The summed E-state index contributed by atoms with van der Waals surface area (Å²) in [7, 11) is 0.981. The Morgan fingerprint density at radius 2 is 1.89 bits per heavy atom. The van der Waals surface area contributed by atoms with E-state index < -0.39 is 12.4 Å². The summed E-state index contributed by atoms with van der Waals surface area (Å²) >= 11 is 0. The summed E-state index contributed by atoms with van der Waals surface area (Å²) in [5.41, 5.74) is 0. The fourth-order valence-electron chi connectivity index (χ4n) is 0.101. The third-order valence-corrected chi connectivity index (χ3v) is 0.342. The maximum Gasteiger partial charge on any atom is 0.549 e. The number of hydrogen-bond acceptors (Lipinski definition) is 5. The number of carbonyl (C=O) groups excluding carboxylic acids is 2. The quantitative estimate of drug-likeness (QED) is 0.214. The van der Waals surface area contributed by atoms with Gasteiger partial charge < -0.3 is 4.74 Å². The van der Waals surface area contributed by atoms with E-state index in [9.17, 15) is 14.0 Å². The first kappa shape index (κ1) is 7.67. The molecule has 0 heterocycles. The van der Waals surface area contributed by atoms with Crippen LogP contribution >= 0.6 is 0 Å². The molecule has 0 aromatic carbocycles. The van der Waals surface area contributed by atoms with Gasteiger partial charge in [-0.25, -0.2) is 14.6 Å². The lowest BCUT2D eigenvalue weighted by Gasteiger charge is -1.93. The van der Waals surface area contributed by atoms with Crippen LogP contribution in [0.5, 0.6) is 0 Å². The van der Waals surface area contributed by atoms with E-state index in [0.29, 0.717) is 0 Å². The Morgan fingerprint density at radius 1 is 1.33 bits per heavy atom. The average molecular weight is 138 g/mol. The molecule has 5 nitrogen and oxygen atoms in total. The minimum Gasteiger partial charge on any atom is -0.435 e. The van der Waals surface area contributed by atoms with Gasteiger partial charge in [-0.1, -0.05) is 0 Å². The van der Waals surface area contributed by atoms with Crippen molar-refractivity contribution in [2.45, 2.75) is 0 Å². The van der Waals surface area contributed by atoms with Crippen LogP contribution in [0.3, 0.4) is 0 Å². The summed E-state index contributed by atoms with van der Waals surface area (Å²) in [4.78, 5) is 25.6. The molecule has 0 radical (unpaired) electrons. The van der Waals surface area contributed by atoms with E-state index in [0.717, 1.165) is 7.11 Å². The molecule has 0 aromatic rings. The molecule has 0 spiro atoms. The number of methoxy groups -OCH3 is 1. The van der Waals surface area contributed by atoms with Crippen LogP contribution in [0, 0.1) is 0 Å². The lowest BCUT2D eigenvalue weighted by Crippen LogP contribution is -2.06. The van der Waals surface area contributed by atoms with Gasteiger partial charge in [0.05, 0.1) is 7.11 Å². The Hall–Kier alpha value is -1.33. The first-order chi connectivity index (χ1) is 4.16. The molecule has 0 unspecified atom stereocenters. The van der Waals surface area contributed by atoms with Gasteiger partial charge in [-0.05, 0) is 0 Å². The van der Waals surface area contributed by atoms with Crippen molar-refractivity contribution < 1.29 is 28.5 Å². The summed E-state index contributed by atoms with van der Waals surface area (Å²) < 4.78 is 14.8. The van der Waals surface area contributed by atoms with Crippen molar-refractivity contribution in [2.75, 3.05) is 7.11 Å². The molecule has 0 fully saturated rings. The van der Waals surface area contributed by atoms with Crippen LogP contribution < -0.4 is 0 Å². The third-order valence-electron chi connectivity index (χ3n) is 0.342. The standard InChI is InChI=1S/C3H3FO5/c1-7-3(6)9-8-2(4)5/h1H3. The molecular formula is C3H3FO5. The second-order valence-electron chi connectivity index (χ2n) is 0.858. The van der Waals surface area contributed by atoms with E-state index in [1.165, 1.54) is 0 Å². The molecule has 0 amide bonds. The smallest absolute Gasteiger partial charge is 0.435 e. The van der Waals surface area contributed by atoms with Gasteiger partial charge in [0.15, 0.2) is 0 Å². The molecule has 0 aliphatic carbocycles. The van der Waals surface area contributed by atoms with Crippen LogP contribution in [-0.2, 0) is 14.5 Å². The number of rotatable bonds is 0. The maximum atomic E-state index is 11.0. The number of carbonyl (C=O) groups is 2. The van der Waals surface area contributed by atoms with Crippen molar-refractivity contribution in [2.24, 2.45) is 0 Å². The molecule has 0 saturated heterocycles. The zero-order valence-electron chi connectivity index (χ0n) is 4.42. The van der Waals surface area contributed by atoms with Crippen LogP contribution in [0.2, 0.25) is 0 Å². The van der Waals surface area contributed by atoms with E-state index >= 15 is 0 Å². The van der Waals surface area contributed by atoms with Crippen molar-refractivity contribution in [1.29, 1.82) is 0 Å². The molecule has 9 heavy (non-hydrogen) atoms. The van der Waals surface area contributed by atoms with Gasteiger partial charge in [-0.2, -0.15) is 4.79 Å². The van der Waals surface area contributed by atoms with Crippen molar-refractivity contribution in [1.82, 2.24) is 0 Å². The van der Waals surface area contributed by atoms with Crippen LogP contribution in [0.15, 0.2) is 0 Å². The second-order valence-corrected chi connectivity index (χ2v) is 0.858. The van der Waals surface area contributed by atoms with Gasteiger partial charge in [0, 0.05) is 0 Å². The fourth-order valence-corrected chi connectivity index (χ4v) is 0.101. The predicted octanol–water partition coefficient (Wildman–Crippen LogP) is 0.790. The molecule has 0 aromatic heterocycles. The molecule has 52 valence electrons. The summed E-state index contributed by atoms with van der Waals surface area (Å²) in [5.74, 6) is 0. The molecule has 0 rings (SSSR count). The first-order valence-corrected chi connectivity index (χ1v) is 1.78. The van der Waals surface area contributed by atoms with E-state index in [1.54, 1.807) is 0 Å². The monoisotopic (exact) mass is 138 g/mol. The second kappa shape index (κ2) is 3.65. The molecule has 0 saturated carbocycles. The highest BCUT2D eigenvalue weighted by Crippen LogP contribution is 1.86. The topological polar surface area (TPSA) is 61.8 Å². The SMILES string of the molecule is COC(=O)OOC(=O)F. The number of halogens is 1. The molecule has 0 aliphatic rings. The van der Waals surface area contributed by atoms with Crippen LogP contribution in [0.1, 0.15) is 0 Å². The minimum atomic E-state index is -2.21. The van der Waals surface area contributed by atoms with Crippen molar-refractivity contribution in [3.63, 3.8) is 0 Å². The summed E-state index contributed by atoms with van der Waals surface area (Å²) in [5, 5.41) is 0. The molecule has 0 atom stereocenters. The number of ether oxygens (including phenoxy) is 1. The highest BCUT2D eigenvalue weighted by Gasteiger charge is 2.05. The van der Waals surface area contributed by atoms with Crippen LogP contribution in [0.4, 0.5) is 14.0 Å². The summed E-state index contributed by atoms with van der Waals surface area (Å²) in [6, 6.07) is 0. The van der Waals surface area contributed by atoms with Gasteiger partial charge in [0.1, 0.15) is 0 Å². The molecule has 6 heteroatoms. The Balaban J connectivity index is 3.28. The first-order valence-electron chi connectivity index (χ1n) is 1.78. The number of hydrogen-bond donors (Lipinski definition) is 0. The van der Waals surface area contributed by atoms with Crippen molar-refractivity contribution in [3.8, 4) is 0 Å². The third kappa shape index (κ3) is 4.52. The maximum absolute atomic E-state index is 11.0. The van der Waals surface area contributed by atoms with Crippen LogP contribution in [-0.4, -0.2) is 19.5 Å². The van der Waals surface area contributed by atoms with Crippen molar-refractivity contribution >= 4 is 12.4 Å². The molecule has 0 N–H and O–H groups in total. The highest BCUT2D eigenvalue weighted by atomic mass is 19.1. The zero-order valence-corrected chi connectivity index (χ0v) is 4.42. The van der Waals surface area contributed by atoms with Gasteiger partial charge in [-0.15, -0.1) is 4.39 Å². The summed E-state index contributed by atoms with van der Waals surface area (Å²) in [6.45, 7) is 0. The van der Waals surface area contributed by atoms with E-state index in [-0.39, 0.29) is 0 Å². The van der Waals surface area contributed by atoms with Crippen LogP contribution in [0.25, 0.3) is 0 Å². The van der Waals surface area contributed by atoms with Gasteiger partial charge in [-0.3, -0.25) is 0 Å². The Labute approximate surface area is 49.2 Å². The zero-order chi connectivity index (χ0) is 7.28.